The van der Waals surface area contributed by atoms with Gasteiger partial charge in [-0.25, -0.2) is 13.1 Å². The monoisotopic (exact) mass is 394 g/mol. The maximum atomic E-state index is 11.9. The molecular formula is C18H23ClN4O2S. The van der Waals surface area contributed by atoms with Crippen molar-refractivity contribution < 1.29 is 8.42 Å². The van der Waals surface area contributed by atoms with Crippen LogP contribution in [0.4, 0.5) is 0 Å². The van der Waals surface area contributed by atoms with Gasteiger partial charge in [0.05, 0.1) is 4.90 Å². The molecule has 0 bridgehead atoms. The summed E-state index contributed by atoms with van der Waals surface area (Å²) in [6.45, 7) is 1.11. The average molecular weight is 395 g/mol. The number of sulfonamides is 1. The van der Waals surface area contributed by atoms with E-state index < -0.39 is 10.0 Å². The standard InChI is InChI=1S/C18H23ClN4O2S/c1-20-18(23(3)13-15-7-4-8-16(19)10-15)22-12-14-6-5-9-17(11-14)26(24,25)21-2/h4-11,21H,12-13H2,1-3H3,(H,20,22). The fourth-order valence-corrected chi connectivity index (χ4v) is 3.50. The molecule has 0 aromatic heterocycles. The molecule has 0 saturated heterocycles. The van der Waals surface area contributed by atoms with Crippen molar-refractivity contribution in [3.63, 3.8) is 0 Å². The zero-order valence-corrected chi connectivity index (χ0v) is 16.6. The molecule has 0 amide bonds. The molecule has 6 nitrogen and oxygen atoms in total. The van der Waals surface area contributed by atoms with Crippen molar-refractivity contribution in [1.29, 1.82) is 0 Å². The molecule has 0 aliphatic heterocycles. The zero-order valence-electron chi connectivity index (χ0n) is 15.0. The third-order valence-electron chi connectivity index (χ3n) is 3.81. The van der Waals surface area contributed by atoms with E-state index in [-0.39, 0.29) is 4.90 Å². The van der Waals surface area contributed by atoms with Crippen LogP contribution in [-0.2, 0) is 23.1 Å². The van der Waals surface area contributed by atoms with Crippen molar-refractivity contribution in [2.45, 2.75) is 18.0 Å². The van der Waals surface area contributed by atoms with Crippen LogP contribution in [0.15, 0.2) is 58.4 Å². The van der Waals surface area contributed by atoms with Gasteiger partial charge in [0.1, 0.15) is 0 Å². The smallest absolute Gasteiger partial charge is 0.240 e. The molecule has 2 rings (SSSR count). The van der Waals surface area contributed by atoms with Gasteiger partial charge < -0.3 is 10.2 Å². The Balaban J connectivity index is 2.04. The van der Waals surface area contributed by atoms with Crippen LogP contribution in [0.1, 0.15) is 11.1 Å². The second-order valence-corrected chi connectivity index (χ2v) is 8.06. The quantitative estimate of drug-likeness (QED) is 0.583. The molecule has 0 aliphatic rings. The number of hydrogen-bond donors (Lipinski definition) is 2. The van der Waals surface area contributed by atoms with E-state index in [4.69, 9.17) is 11.6 Å². The maximum Gasteiger partial charge on any atom is 0.240 e. The molecule has 0 spiro atoms. The Hall–Kier alpha value is -2.09. The summed E-state index contributed by atoms with van der Waals surface area (Å²) >= 11 is 6.03. The molecule has 0 aliphatic carbocycles. The van der Waals surface area contributed by atoms with Gasteiger partial charge in [0.2, 0.25) is 10.0 Å². The minimum atomic E-state index is -3.46. The second kappa shape index (κ2) is 9.02. The lowest BCUT2D eigenvalue weighted by atomic mass is 10.2. The summed E-state index contributed by atoms with van der Waals surface area (Å²) < 4.78 is 26.1. The summed E-state index contributed by atoms with van der Waals surface area (Å²) in [4.78, 5) is 6.49. The van der Waals surface area contributed by atoms with Crippen LogP contribution in [0.25, 0.3) is 0 Å². The van der Waals surface area contributed by atoms with E-state index in [9.17, 15) is 8.42 Å². The Morgan fingerprint density at radius 2 is 1.85 bits per heavy atom. The van der Waals surface area contributed by atoms with Crippen molar-refractivity contribution >= 4 is 27.6 Å². The van der Waals surface area contributed by atoms with E-state index in [0.29, 0.717) is 24.1 Å². The van der Waals surface area contributed by atoms with Crippen molar-refractivity contribution in [3.8, 4) is 0 Å². The average Bonchev–Trinajstić information content (AvgIpc) is 2.62. The van der Waals surface area contributed by atoms with Gasteiger partial charge in [-0.15, -0.1) is 0 Å². The zero-order chi connectivity index (χ0) is 19.2. The van der Waals surface area contributed by atoms with Gasteiger partial charge in [0.15, 0.2) is 5.96 Å². The van der Waals surface area contributed by atoms with E-state index in [2.05, 4.69) is 15.0 Å². The van der Waals surface area contributed by atoms with E-state index in [1.807, 2.05) is 42.3 Å². The summed E-state index contributed by atoms with van der Waals surface area (Å²) in [7, 11) is 1.57. The minimum absolute atomic E-state index is 0.238. The number of hydrogen-bond acceptors (Lipinski definition) is 3. The first-order valence-electron chi connectivity index (χ1n) is 8.04. The van der Waals surface area contributed by atoms with Crippen molar-refractivity contribution in [1.82, 2.24) is 14.9 Å². The SMILES string of the molecule is CN=C(NCc1cccc(S(=O)(=O)NC)c1)N(C)Cc1cccc(Cl)c1. The molecule has 0 atom stereocenters. The number of aliphatic imine (C=N–C) groups is 1. The van der Waals surface area contributed by atoms with Crippen LogP contribution < -0.4 is 10.0 Å². The topological polar surface area (TPSA) is 73.8 Å². The number of nitrogens with zero attached hydrogens (tertiary/aromatic N) is 2. The van der Waals surface area contributed by atoms with Gasteiger partial charge in [-0.2, -0.15) is 0 Å². The molecular weight excluding hydrogens is 372 g/mol. The molecule has 0 unspecified atom stereocenters. The van der Waals surface area contributed by atoms with Crippen LogP contribution in [-0.4, -0.2) is 40.4 Å². The van der Waals surface area contributed by atoms with Crippen LogP contribution in [0.5, 0.6) is 0 Å². The lowest BCUT2D eigenvalue weighted by Gasteiger charge is -2.22. The molecule has 0 radical (unpaired) electrons. The van der Waals surface area contributed by atoms with Gasteiger partial charge in [-0.1, -0.05) is 35.9 Å². The van der Waals surface area contributed by atoms with E-state index in [0.717, 1.165) is 11.1 Å². The number of nitrogens with one attached hydrogen (secondary N) is 2. The normalized spacial score (nSPS) is 12.1. The van der Waals surface area contributed by atoms with Crippen LogP contribution in [0.3, 0.4) is 0 Å². The van der Waals surface area contributed by atoms with Crippen molar-refractivity contribution in [3.05, 3.63) is 64.7 Å². The molecule has 2 aromatic carbocycles. The van der Waals surface area contributed by atoms with Gasteiger partial charge in [0.25, 0.3) is 0 Å². The Morgan fingerprint density at radius 1 is 1.15 bits per heavy atom. The summed E-state index contributed by atoms with van der Waals surface area (Å²) in [5, 5.41) is 3.94. The van der Waals surface area contributed by atoms with Crippen molar-refractivity contribution in [2.24, 2.45) is 4.99 Å². The first-order valence-corrected chi connectivity index (χ1v) is 9.90. The summed E-state index contributed by atoms with van der Waals surface area (Å²) in [5.74, 6) is 0.701. The van der Waals surface area contributed by atoms with Gasteiger partial charge in [-0.3, -0.25) is 4.99 Å². The van der Waals surface area contributed by atoms with Gasteiger partial charge in [0, 0.05) is 32.2 Å². The fraction of sp³-hybridized carbons (Fsp3) is 0.278. The highest BCUT2D eigenvalue weighted by Crippen LogP contribution is 2.13. The first kappa shape index (κ1) is 20.2. The minimum Gasteiger partial charge on any atom is -0.352 e. The van der Waals surface area contributed by atoms with Crippen LogP contribution >= 0.6 is 11.6 Å². The maximum absolute atomic E-state index is 11.9. The van der Waals surface area contributed by atoms with Crippen LogP contribution in [0.2, 0.25) is 5.02 Å². The van der Waals surface area contributed by atoms with E-state index in [1.54, 1.807) is 25.2 Å². The predicted octanol–water partition coefficient (Wildman–Crippen LogP) is 2.46. The molecule has 2 N–H and O–H groups in total. The Kier molecular flexibility index (Phi) is 7.02. The number of rotatable bonds is 6. The summed E-state index contributed by atoms with van der Waals surface area (Å²) in [6, 6.07) is 14.5. The second-order valence-electron chi connectivity index (χ2n) is 5.74. The highest BCUT2D eigenvalue weighted by Gasteiger charge is 2.12. The largest absolute Gasteiger partial charge is 0.352 e. The van der Waals surface area contributed by atoms with E-state index in [1.165, 1.54) is 7.05 Å². The van der Waals surface area contributed by atoms with E-state index >= 15 is 0 Å². The van der Waals surface area contributed by atoms with Crippen molar-refractivity contribution in [2.75, 3.05) is 21.1 Å². The van der Waals surface area contributed by atoms with Gasteiger partial charge in [-0.05, 0) is 42.4 Å². The first-order chi connectivity index (χ1) is 12.4. The number of halogens is 1. The highest BCUT2D eigenvalue weighted by atomic mass is 35.5. The number of guanidine groups is 1. The molecule has 0 heterocycles. The molecule has 140 valence electrons. The lowest BCUT2D eigenvalue weighted by molar-refractivity contribution is 0.476. The van der Waals surface area contributed by atoms with Gasteiger partial charge >= 0.3 is 0 Å². The number of benzene rings is 2. The Bertz CT molecular complexity index is 884. The molecule has 0 fully saturated rings. The Morgan fingerprint density at radius 3 is 2.50 bits per heavy atom. The third-order valence-corrected chi connectivity index (χ3v) is 5.46. The highest BCUT2D eigenvalue weighted by molar-refractivity contribution is 7.89. The molecule has 0 saturated carbocycles. The lowest BCUT2D eigenvalue weighted by Crippen LogP contribution is -2.38. The molecule has 8 heteroatoms. The predicted molar refractivity (Wildman–Crippen MR) is 106 cm³/mol. The third kappa shape index (κ3) is 5.45. The summed E-state index contributed by atoms with van der Waals surface area (Å²) in [5.41, 5.74) is 1.92. The summed E-state index contributed by atoms with van der Waals surface area (Å²) in [6.07, 6.45) is 0. The van der Waals surface area contributed by atoms with Crippen LogP contribution in [0, 0.1) is 0 Å². The Labute approximate surface area is 159 Å². The molecule has 2 aromatic rings. The fourth-order valence-electron chi connectivity index (χ4n) is 2.49. The molecule has 26 heavy (non-hydrogen) atoms.